The molecule has 0 aliphatic rings. The van der Waals surface area contributed by atoms with Gasteiger partial charge in [-0.2, -0.15) is 5.26 Å². The zero-order valence-corrected chi connectivity index (χ0v) is 11.5. The average molecular weight is 291 g/mol. The van der Waals surface area contributed by atoms with E-state index in [1.807, 2.05) is 6.07 Å². The molecule has 0 aromatic heterocycles. The van der Waals surface area contributed by atoms with Crippen molar-refractivity contribution in [2.75, 3.05) is 12.4 Å². The van der Waals surface area contributed by atoms with E-state index in [1.165, 1.54) is 18.2 Å². The van der Waals surface area contributed by atoms with Crippen LogP contribution in [-0.4, -0.2) is 7.11 Å². The van der Waals surface area contributed by atoms with Gasteiger partial charge in [-0.1, -0.05) is 11.6 Å². The Morgan fingerprint density at radius 3 is 2.80 bits per heavy atom. The number of nitriles is 1. The van der Waals surface area contributed by atoms with Crippen molar-refractivity contribution in [2.24, 2.45) is 0 Å². The lowest BCUT2D eigenvalue weighted by Gasteiger charge is -2.12. The highest BCUT2D eigenvalue weighted by Crippen LogP contribution is 2.24. The molecule has 5 heteroatoms. The topological polar surface area (TPSA) is 45.0 Å². The number of hydrogen-bond acceptors (Lipinski definition) is 3. The molecular formula is C15H12ClFN2O. The molecule has 1 N–H and O–H groups in total. The second-order valence-corrected chi connectivity index (χ2v) is 4.55. The van der Waals surface area contributed by atoms with Gasteiger partial charge in [0.05, 0.1) is 18.4 Å². The first-order valence-corrected chi connectivity index (χ1v) is 6.28. The average Bonchev–Trinajstić information content (AvgIpc) is 2.46. The van der Waals surface area contributed by atoms with Crippen LogP contribution in [0.1, 0.15) is 11.1 Å². The SMILES string of the molecule is COc1ccc(Cl)cc1CNc1ccc(F)cc1C#N. The lowest BCUT2D eigenvalue weighted by molar-refractivity contribution is 0.410. The van der Waals surface area contributed by atoms with Crippen molar-refractivity contribution in [2.45, 2.75) is 6.54 Å². The summed E-state index contributed by atoms with van der Waals surface area (Å²) in [5.41, 5.74) is 1.68. The molecule has 0 aliphatic carbocycles. The molecule has 0 aliphatic heterocycles. The first-order chi connectivity index (χ1) is 9.63. The molecule has 0 fully saturated rings. The first-order valence-electron chi connectivity index (χ1n) is 5.90. The normalized spacial score (nSPS) is 9.90. The quantitative estimate of drug-likeness (QED) is 0.926. The van der Waals surface area contributed by atoms with E-state index < -0.39 is 5.82 Å². The number of nitrogens with one attached hydrogen (secondary N) is 1. The Balaban J connectivity index is 2.21. The van der Waals surface area contributed by atoms with Gasteiger partial charge in [-0.15, -0.1) is 0 Å². The van der Waals surface area contributed by atoms with E-state index in [4.69, 9.17) is 21.6 Å². The fraction of sp³-hybridized carbons (Fsp3) is 0.133. The number of hydrogen-bond donors (Lipinski definition) is 1. The molecule has 102 valence electrons. The van der Waals surface area contributed by atoms with Gasteiger partial charge in [0, 0.05) is 17.1 Å². The standard InChI is InChI=1S/C15H12ClFN2O/c1-20-15-5-2-12(16)6-11(15)9-19-14-4-3-13(17)7-10(14)8-18/h2-7,19H,9H2,1H3. The fourth-order valence-corrected chi connectivity index (χ4v) is 2.03. The minimum Gasteiger partial charge on any atom is -0.496 e. The minimum absolute atomic E-state index is 0.256. The smallest absolute Gasteiger partial charge is 0.124 e. The first kappa shape index (κ1) is 14.2. The van der Waals surface area contributed by atoms with Crippen molar-refractivity contribution in [1.29, 1.82) is 5.26 Å². The maximum absolute atomic E-state index is 13.1. The number of halogens is 2. The summed E-state index contributed by atoms with van der Waals surface area (Å²) in [6, 6.07) is 11.3. The van der Waals surface area contributed by atoms with Crippen molar-refractivity contribution in [3.05, 3.63) is 58.4 Å². The highest BCUT2D eigenvalue weighted by molar-refractivity contribution is 6.30. The molecule has 0 spiro atoms. The summed E-state index contributed by atoms with van der Waals surface area (Å²) in [5, 5.41) is 12.7. The predicted molar refractivity (Wildman–Crippen MR) is 76.4 cm³/mol. The molecular weight excluding hydrogens is 279 g/mol. The molecule has 0 atom stereocenters. The van der Waals surface area contributed by atoms with E-state index in [-0.39, 0.29) is 5.56 Å². The Hall–Kier alpha value is -2.25. The second-order valence-electron chi connectivity index (χ2n) is 4.11. The Bertz CT molecular complexity index is 667. The van der Waals surface area contributed by atoms with E-state index in [2.05, 4.69) is 5.32 Å². The Kier molecular flexibility index (Phi) is 4.44. The lowest BCUT2D eigenvalue weighted by Crippen LogP contribution is -2.03. The van der Waals surface area contributed by atoms with Crippen LogP contribution in [0.4, 0.5) is 10.1 Å². The van der Waals surface area contributed by atoms with Gasteiger partial charge in [0.15, 0.2) is 0 Å². The van der Waals surface area contributed by atoms with Crippen LogP contribution in [0.3, 0.4) is 0 Å². The number of nitrogens with zero attached hydrogens (tertiary/aromatic N) is 1. The van der Waals surface area contributed by atoms with Crippen LogP contribution in [0, 0.1) is 17.1 Å². The van der Waals surface area contributed by atoms with Crippen molar-refractivity contribution >= 4 is 17.3 Å². The van der Waals surface area contributed by atoms with Crippen molar-refractivity contribution in [3.63, 3.8) is 0 Å². The summed E-state index contributed by atoms with van der Waals surface area (Å²) >= 11 is 5.95. The van der Waals surface area contributed by atoms with Gasteiger partial charge < -0.3 is 10.1 Å². The van der Waals surface area contributed by atoms with Crippen molar-refractivity contribution in [3.8, 4) is 11.8 Å². The van der Waals surface area contributed by atoms with Gasteiger partial charge >= 0.3 is 0 Å². The third kappa shape index (κ3) is 3.19. The highest BCUT2D eigenvalue weighted by Gasteiger charge is 2.07. The van der Waals surface area contributed by atoms with E-state index in [0.29, 0.717) is 23.0 Å². The van der Waals surface area contributed by atoms with Gasteiger partial charge in [0.2, 0.25) is 0 Å². The molecule has 2 aromatic carbocycles. The van der Waals surface area contributed by atoms with Gasteiger partial charge in [-0.3, -0.25) is 0 Å². The molecule has 0 heterocycles. The van der Waals surface area contributed by atoms with Gasteiger partial charge in [-0.05, 0) is 36.4 Å². The highest BCUT2D eigenvalue weighted by atomic mass is 35.5. The number of benzene rings is 2. The molecule has 0 radical (unpaired) electrons. The van der Waals surface area contributed by atoms with Crippen LogP contribution in [0.25, 0.3) is 0 Å². The maximum Gasteiger partial charge on any atom is 0.124 e. The summed E-state index contributed by atoms with van der Waals surface area (Å²) in [6.45, 7) is 0.421. The molecule has 0 amide bonds. The lowest BCUT2D eigenvalue weighted by atomic mass is 10.1. The molecule has 3 nitrogen and oxygen atoms in total. The zero-order valence-electron chi connectivity index (χ0n) is 10.8. The largest absolute Gasteiger partial charge is 0.496 e. The number of rotatable bonds is 4. The molecule has 0 saturated carbocycles. The summed E-state index contributed by atoms with van der Waals surface area (Å²) in [5.74, 6) is 0.259. The molecule has 20 heavy (non-hydrogen) atoms. The summed E-state index contributed by atoms with van der Waals surface area (Å²) in [4.78, 5) is 0. The van der Waals surface area contributed by atoms with Crippen LogP contribution < -0.4 is 10.1 Å². The molecule has 0 bridgehead atoms. The van der Waals surface area contributed by atoms with Gasteiger partial charge in [0.25, 0.3) is 0 Å². The Morgan fingerprint density at radius 1 is 1.30 bits per heavy atom. The zero-order chi connectivity index (χ0) is 14.5. The molecule has 0 unspecified atom stereocenters. The predicted octanol–water partition coefficient (Wildman–Crippen LogP) is 3.97. The van der Waals surface area contributed by atoms with Crippen LogP contribution in [0.15, 0.2) is 36.4 Å². The number of methoxy groups -OCH3 is 1. The van der Waals surface area contributed by atoms with Crippen molar-refractivity contribution in [1.82, 2.24) is 0 Å². The van der Waals surface area contributed by atoms with Gasteiger partial charge in [0.1, 0.15) is 17.6 Å². The summed E-state index contributed by atoms with van der Waals surface area (Å²) in [7, 11) is 1.57. The number of anilines is 1. The third-order valence-electron chi connectivity index (χ3n) is 2.81. The monoisotopic (exact) mass is 290 g/mol. The van der Waals surface area contributed by atoms with E-state index in [1.54, 1.807) is 25.3 Å². The summed E-state index contributed by atoms with van der Waals surface area (Å²) < 4.78 is 18.3. The molecule has 2 rings (SSSR count). The van der Waals surface area contributed by atoms with Crippen LogP contribution in [0.5, 0.6) is 5.75 Å². The van der Waals surface area contributed by atoms with Gasteiger partial charge in [-0.25, -0.2) is 4.39 Å². The second kappa shape index (κ2) is 6.27. The molecule has 2 aromatic rings. The fourth-order valence-electron chi connectivity index (χ4n) is 1.84. The van der Waals surface area contributed by atoms with Crippen molar-refractivity contribution < 1.29 is 9.13 Å². The van der Waals surface area contributed by atoms with Crippen LogP contribution in [0.2, 0.25) is 5.02 Å². The van der Waals surface area contributed by atoms with E-state index >= 15 is 0 Å². The van der Waals surface area contributed by atoms with E-state index in [0.717, 1.165) is 5.56 Å². The number of ether oxygens (including phenoxy) is 1. The van der Waals surface area contributed by atoms with E-state index in [9.17, 15) is 4.39 Å². The Labute approximate surface area is 121 Å². The van der Waals surface area contributed by atoms with Crippen LogP contribution >= 0.6 is 11.6 Å². The third-order valence-corrected chi connectivity index (χ3v) is 3.05. The minimum atomic E-state index is -0.438. The summed E-state index contributed by atoms with van der Waals surface area (Å²) in [6.07, 6.45) is 0. The van der Waals surface area contributed by atoms with Crippen LogP contribution in [-0.2, 0) is 6.54 Å². The molecule has 0 saturated heterocycles. The Morgan fingerprint density at radius 2 is 2.10 bits per heavy atom. The maximum atomic E-state index is 13.1.